The van der Waals surface area contributed by atoms with Gasteiger partial charge in [-0.05, 0) is 31.2 Å². The molecule has 6 heteroatoms. The minimum absolute atomic E-state index is 0.0492. The van der Waals surface area contributed by atoms with Crippen molar-refractivity contribution in [1.29, 1.82) is 0 Å². The second kappa shape index (κ2) is 8.79. The fraction of sp³-hybridized carbons (Fsp3) is 0.429. The monoisotopic (exact) mass is 280 g/mol. The molecule has 0 heterocycles. The fourth-order valence-corrected chi connectivity index (χ4v) is 1.42. The molecule has 0 saturated heterocycles. The zero-order valence-electron chi connectivity index (χ0n) is 11.8. The van der Waals surface area contributed by atoms with Crippen molar-refractivity contribution in [2.75, 3.05) is 26.8 Å². The lowest BCUT2D eigenvalue weighted by molar-refractivity contribution is -0.116. The van der Waals surface area contributed by atoms with Crippen molar-refractivity contribution in [3.8, 4) is 11.5 Å². The van der Waals surface area contributed by atoms with E-state index < -0.39 is 0 Å². The lowest BCUT2D eigenvalue weighted by Crippen LogP contribution is -2.38. The van der Waals surface area contributed by atoms with E-state index in [1.807, 2.05) is 0 Å². The van der Waals surface area contributed by atoms with E-state index >= 15 is 0 Å². The largest absolute Gasteiger partial charge is 0.497 e. The summed E-state index contributed by atoms with van der Waals surface area (Å²) in [5, 5.41) is 5.22. The molecule has 2 N–H and O–H groups in total. The smallest absolute Gasteiger partial charge is 0.314 e. The molecule has 2 amide bonds. The third kappa shape index (κ3) is 6.63. The highest BCUT2D eigenvalue weighted by Gasteiger charge is 2.00. The maximum Gasteiger partial charge on any atom is 0.314 e. The normalized spacial score (nSPS) is 9.70. The molecule has 1 aromatic rings. The van der Waals surface area contributed by atoms with Gasteiger partial charge in [-0.3, -0.25) is 4.79 Å². The molecule has 0 saturated carbocycles. The number of carbonyl (C=O) groups excluding carboxylic acids is 2. The Hall–Kier alpha value is -2.24. The summed E-state index contributed by atoms with van der Waals surface area (Å²) < 4.78 is 10.5. The first-order chi connectivity index (χ1) is 9.61. The molecule has 0 bridgehead atoms. The number of urea groups is 1. The zero-order chi connectivity index (χ0) is 14.8. The summed E-state index contributed by atoms with van der Waals surface area (Å²) in [6, 6.07) is 6.90. The lowest BCUT2D eigenvalue weighted by Gasteiger charge is -2.09. The molecule has 0 fully saturated rings. The summed E-state index contributed by atoms with van der Waals surface area (Å²) in [6.07, 6.45) is 0.343. The fourth-order valence-electron chi connectivity index (χ4n) is 1.42. The van der Waals surface area contributed by atoms with E-state index in [4.69, 9.17) is 9.47 Å². The highest BCUT2D eigenvalue weighted by atomic mass is 16.5. The number of amides is 2. The van der Waals surface area contributed by atoms with Gasteiger partial charge in [0.25, 0.3) is 0 Å². The van der Waals surface area contributed by atoms with Gasteiger partial charge in [-0.25, -0.2) is 4.79 Å². The van der Waals surface area contributed by atoms with Crippen LogP contribution in [0.2, 0.25) is 0 Å². The molecular formula is C14H20N2O4. The first-order valence-electron chi connectivity index (χ1n) is 6.40. The van der Waals surface area contributed by atoms with Crippen molar-refractivity contribution in [2.24, 2.45) is 0 Å². The number of carbonyl (C=O) groups is 2. The van der Waals surface area contributed by atoms with Crippen LogP contribution in [0.3, 0.4) is 0 Å². The van der Waals surface area contributed by atoms with E-state index in [0.717, 1.165) is 5.75 Å². The molecule has 0 aromatic heterocycles. The molecule has 0 aliphatic heterocycles. The minimum atomic E-state index is -0.301. The van der Waals surface area contributed by atoms with Gasteiger partial charge in [-0.15, -0.1) is 0 Å². The van der Waals surface area contributed by atoms with E-state index in [0.29, 0.717) is 31.9 Å². The Labute approximate surface area is 118 Å². The summed E-state index contributed by atoms with van der Waals surface area (Å²) in [5.41, 5.74) is 0. The third-order valence-corrected chi connectivity index (χ3v) is 2.48. The molecule has 0 atom stereocenters. The number of ketones is 1. The molecule has 0 aliphatic rings. The standard InChI is InChI=1S/C14H20N2O4/c1-11(17)7-8-15-14(18)16-9-10-20-13-5-3-12(19-2)4-6-13/h3-6H,7-10H2,1-2H3,(H2,15,16,18). The van der Waals surface area contributed by atoms with E-state index in [1.165, 1.54) is 6.92 Å². The van der Waals surface area contributed by atoms with Gasteiger partial charge in [0, 0.05) is 13.0 Å². The first-order valence-corrected chi connectivity index (χ1v) is 6.40. The van der Waals surface area contributed by atoms with Gasteiger partial charge in [0.05, 0.1) is 13.7 Å². The minimum Gasteiger partial charge on any atom is -0.497 e. The number of hydrogen-bond donors (Lipinski definition) is 2. The van der Waals surface area contributed by atoms with E-state index in [1.54, 1.807) is 31.4 Å². The van der Waals surface area contributed by atoms with Crippen LogP contribution in [0, 0.1) is 0 Å². The Morgan fingerprint density at radius 2 is 1.65 bits per heavy atom. The summed E-state index contributed by atoms with van der Waals surface area (Å²) in [7, 11) is 1.60. The number of nitrogens with one attached hydrogen (secondary N) is 2. The Bertz CT molecular complexity index is 431. The lowest BCUT2D eigenvalue weighted by atomic mass is 10.3. The van der Waals surface area contributed by atoms with E-state index in [2.05, 4.69) is 10.6 Å². The van der Waals surface area contributed by atoms with E-state index in [-0.39, 0.29) is 11.8 Å². The molecule has 0 radical (unpaired) electrons. The van der Waals surface area contributed by atoms with Crippen LogP contribution in [0.5, 0.6) is 11.5 Å². The highest BCUT2D eigenvalue weighted by molar-refractivity contribution is 5.77. The summed E-state index contributed by atoms with van der Waals surface area (Å²) in [5.74, 6) is 1.53. The molecule has 110 valence electrons. The van der Waals surface area contributed by atoms with Crippen LogP contribution in [-0.4, -0.2) is 38.6 Å². The van der Waals surface area contributed by atoms with Crippen LogP contribution >= 0.6 is 0 Å². The van der Waals surface area contributed by atoms with Crippen LogP contribution in [0.4, 0.5) is 4.79 Å². The number of hydrogen-bond acceptors (Lipinski definition) is 4. The van der Waals surface area contributed by atoms with Gasteiger partial charge in [-0.1, -0.05) is 0 Å². The summed E-state index contributed by atoms with van der Waals surface area (Å²) >= 11 is 0. The Morgan fingerprint density at radius 3 is 2.25 bits per heavy atom. The van der Waals surface area contributed by atoms with Crippen LogP contribution in [0.25, 0.3) is 0 Å². The Kier molecular flexibility index (Phi) is 6.95. The van der Waals surface area contributed by atoms with E-state index in [9.17, 15) is 9.59 Å². The summed E-state index contributed by atoms with van der Waals surface area (Å²) in [6.45, 7) is 2.59. The van der Waals surface area contributed by atoms with Gasteiger partial charge < -0.3 is 20.1 Å². The molecule has 0 unspecified atom stereocenters. The predicted molar refractivity (Wildman–Crippen MR) is 75.2 cm³/mol. The number of benzene rings is 1. The van der Waals surface area contributed by atoms with Crippen molar-refractivity contribution in [3.05, 3.63) is 24.3 Å². The van der Waals surface area contributed by atoms with Crippen LogP contribution in [0.1, 0.15) is 13.3 Å². The molecule has 20 heavy (non-hydrogen) atoms. The number of Topliss-reactive ketones (excluding diaryl/α,β-unsaturated/α-hetero) is 1. The molecule has 0 aliphatic carbocycles. The second-order valence-corrected chi connectivity index (χ2v) is 4.16. The third-order valence-electron chi connectivity index (χ3n) is 2.48. The van der Waals surface area contributed by atoms with Crippen LogP contribution in [0.15, 0.2) is 24.3 Å². The van der Waals surface area contributed by atoms with Gasteiger partial charge in [0.1, 0.15) is 23.9 Å². The number of ether oxygens (including phenoxy) is 2. The van der Waals surface area contributed by atoms with Crippen LogP contribution in [-0.2, 0) is 4.79 Å². The van der Waals surface area contributed by atoms with Crippen molar-refractivity contribution in [2.45, 2.75) is 13.3 Å². The Balaban J connectivity index is 2.11. The maximum absolute atomic E-state index is 11.3. The van der Waals surface area contributed by atoms with Gasteiger partial charge in [0.15, 0.2) is 0 Å². The molecule has 1 rings (SSSR count). The van der Waals surface area contributed by atoms with Gasteiger partial charge in [0.2, 0.25) is 0 Å². The topological polar surface area (TPSA) is 76.7 Å². The van der Waals surface area contributed by atoms with Crippen molar-refractivity contribution in [3.63, 3.8) is 0 Å². The average Bonchev–Trinajstić information content (AvgIpc) is 2.44. The molecule has 6 nitrogen and oxygen atoms in total. The zero-order valence-corrected chi connectivity index (χ0v) is 11.8. The molecule has 1 aromatic carbocycles. The number of methoxy groups -OCH3 is 1. The van der Waals surface area contributed by atoms with Crippen LogP contribution < -0.4 is 20.1 Å². The first kappa shape index (κ1) is 15.8. The van der Waals surface area contributed by atoms with Gasteiger partial charge in [-0.2, -0.15) is 0 Å². The SMILES string of the molecule is COc1ccc(OCCNC(=O)NCCC(C)=O)cc1. The van der Waals surface area contributed by atoms with Crippen molar-refractivity contribution in [1.82, 2.24) is 10.6 Å². The molecular weight excluding hydrogens is 260 g/mol. The molecule has 0 spiro atoms. The number of rotatable bonds is 8. The van der Waals surface area contributed by atoms with Crippen molar-refractivity contribution < 1.29 is 19.1 Å². The van der Waals surface area contributed by atoms with Gasteiger partial charge >= 0.3 is 6.03 Å². The second-order valence-electron chi connectivity index (χ2n) is 4.16. The average molecular weight is 280 g/mol. The highest BCUT2D eigenvalue weighted by Crippen LogP contribution is 2.16. The summed E-state index contributed by atoms with van der Waals surface area (Å²) in [4.78, 5) is 22.0. The quantitative estimate of drug-likeness (QED) is 0.705. The Morgan fingerprint density at radius 1 is 1.05 bits per heavy atom. The predicted octanol–water partition coefficient (Wildman–Crippen LogP) is 1.35. The van der Waals surface area contributed by atoms with Crippen molar-refractivity contribution >= 4 is 11.8 Å². The maximum atomic E-state index is 11.3.